The number of thioether (sulfide) groups is 2. The van der Waals surface area contributed by atoms with Gasteiger partial charge in [-0.05, 0) is 49.7 Å². The number of aromatic hydroxyl groups is 1. The van der Waals surface area contributed by atoms with Crippen LogP contribution in [0.3, 0.4) is 0 Å². The number of fused-ring (bicyclic) bond motifs is 2. The molecule has 0 bridgehead atoms. The summed E-state index contributed by atoms with van der Waals surface area (Å²) in [6.07, 6.45) is 8.32. The fourth-order valence-corrected chi connectivity index (χ4v) is 7.01. The van der Waals surface area contributed by atoms with E-state index in [1.165, 1.54) is 11.8 Å². The predicted octanol–water partition coefficient (Wildman–Crippen LogP) is 6.35. The van der Waals surface area contributed by atoms with Crippen molar-refractivity contribution < 1.29 is 9.90 Å². The lowest BCUT2D eigenvalue weighted by molar-refractivity contribution is -0.116. The zero-order valence-corrected chi connectivity index (χ0v) is 22.6. The van der Waals surface area contributed by atoms with Crippen molar-refractivity contribution in [3.05, 3.63) is 102 Å². The molecule has 1 aliphatic carbocycles. The van der Waals surface area contributed by atoms with Crippen molar-refractivity contribution in [2.45, 2.75) is 35.2 Å². The molecule has 6 nitrogen and oxygen atoms in total. The highest BCUT2D eigenvalue weighted by atomic mass is 32.2. The number of allylic oxidation sites excluding steroid dienone is 2. The van der Waals surface area contributed by atoms with E-state index in [-0.39, 0.29) is 28.7 Å². The maximum Gasteiger partial charge on any atom is 0.238 e. The van der Waals surface area contributed by atoms with E-state index in [0.29, 0.717) is 16.5 Å². The van der Waals surface area contributed by atoms with Crippen LogP contribution in [-0.2, 0) is 4.79 Å². The van der Waals surface area contributed by atoms with Crippen LogP contribution in [0, 0.1) is 13.8 Å². The second-order valence-electron chi connectivity index (χ2n) is 9.31. The molecule has 2 heterocycles. The van der Waals surface area contributed by atoms with Crippen LogP contribution in [0.15, 0.2) is 101 Å². The Labute approximate surface area is 230 Å². The Hall–Kier alpha value is -3.75. The Balaban J connectivity index is 1.36. The monoisotopic (exact) mass is 538 g/mol. The van der Waals surface area contributed by atoms with Gasteiger partial charge < -0.3 is 10.0 Å². The number of carbonyl (C=O) groups excluding carboxylic acids is 1. The first-order chi connectivity index (χ1) is 18.5. The molecule has 0 unspecified atom stereocenters. The number of rotatable bonds is 5. The predicted molar refractivity (Wildman–Crippen MR) is 154 cm³/mol. The summed E-state index contributed by atoms with van der Waals surface area (Å²) in [5, 5.41) is 20.3. The Morgan fingerprint density at radius 1 is 0.974 bits per heavy atom. The third-order valence-electron chi connectivity index (χ3n) is 6.71. The number of hydrogen-bond donors (Lipinski definition) is 1. The molecule has 0 saturated heterocycles. The highest BCUT2D eigenvalue weighted by molar-refractivity contribution is 8.00. The molecule has 6 rings (SSSR count). The number of hydrogen-bond acceptors (Lipinski definition) is 6. The Kier molecular flexibility index (Phi) is 6.59. The summed E-state index contributed by atoms with van der Waals surface area (Å²) in [6.45, 7) is 4.10. The number of aromatic nitrogens is 3. The molecular formula is C30H26N4O2S2. The smallest absolute Gasteiger partial charge is 0.238 e. The quantitative estimate of drug-likeness (QED) is 0.299. The number of amides is 1. The van der Waals surface area contributed by atoms with Crippen LogP contribution in [0.25, 0.3) is 17.1 Å². The van der Waals surface area contributed by atoms with Crippen molar-refractivity contribution in [3.8, 4) is 22.8 Å². The van der Waals surface area contributed by atoms with E-state index >= 15 is 0 Å². The van der Waals surface area contributed by atoms with Gasteiger partial charge in [-0.1, -0.05) is 78.0 Å². The first-order valence-corrected chi connectivity index (χ1v) is 14.2. The Morgan fingerprint density at radius 3 is 2.61 bits per heavy atom. The van der Waals surface area contributed by atoms with Crippen LogP contribution in [-0.4, -0.2) is 42.8 Å². The van der Waals surface area contributed by atoms with Crippen LogP contribution >= 0.6 is 23.5 Å². The lowest BCUT2D eigenvalue weighted by Crippen LogP contribution is -2.48. The van der Waals surface area contributed by atoms with Gasteiger partial charge in [0.15, 0.2) is 11.0 Å². The summed E-state index contributed by atoms with van der Waals surface area (Å²) >= 11 is 3.15. The van der Waals surface area contributed by atoms with E-state index < -0.39 is 0 Å². The van der Waals surface area contributed by atoms with E-state index in [0.717, 1.165) is 27.4 Å². The molecule has 190 valence electrons. The Morgan fingerprint density at radius 2 is 1.76 bits per heavy atom. The molecule has 0 spiro atoms. The highest BCUT2D eigenvalue weighted by Gasteiger charge is 2.36. The molecule has 3 aromatic carbocycles. The van der Waals surface area contributed by atoms with Crippen molar-refractivity contribution in [3.63, 3.8) is 0 Å². The molecule has 4 aromatic rings. The number of anilines is 1. The van der Waals surface area contributed by atoms with Crippen LogP contribution in [0.2, 0.25) is 0 Å². The summed E-state index contributed by atoms with van der Waals surface area (Å²) in [5.41, 5.74) is 4.64. The molecule has 2 aliphatic rings. The summed E-state index contributed by atoms with van der Waals surface area (Å²) in [7, 11) is 0. The second kappa shape index (κ2) is 10.2. The number of benzene rings is 3. The van der Waals surface area contributed by atoms with Gasteiger partial charge in [0.25, 0.3) is 0 Å². The topological polar surface area (TPSA) is 71.2 Å². The fraction of sp³-hybridized carbons (Fsp3) is 0.167. The number of aryl methyl sites for hydroxylation is 2. The molecule has 1 aromatic heterocycles. The largest absolute Gasteiger partial charge is 0.507 e. The first kappa shape index (κ1) is 24.6. The number of para-hydroxylation sites is 2. The minimum absolute atomic E-state index is 0.0111. The van der Waals surface area contributed by atoms with Crippen molar-refractivity contribution >= 4 is 35.1 Å². The molecule has 38 heavy (non-hydrogen) atoms. The zero-order valence-electron chi connectivity index (χ0n) is 21.0. The summed E-state index contributed by atoms with van der Waals surface area (Å²) in [4.78, 5) is 16.8. The van der Waals surface area contributed by atoms with Crippen molar-refractivity contribution in [1.82, 2.24) is 14.8 Å². The average Bonchev–Trinajstić information content (AvgIpc) is 3.34. The van der Waals surface area contributed by atoms with Gasteiger partial charge in [-0.3, -0.25) is 9.36 Å². The molecule has 1 N–H and O–H groups in total. The molecular weight excluding hydrogens is 512 g/mol. The second-order valence-corrected chi connectivity index (χ2v) is 11.5. The maximum atomic E-state index is 13.8. The van der Waals surface area contributed by atoms with Gasteiger partial charge in [0, 0.05) is 4.90 Å². The normalized spacial score (nSPS) is 17.8. The van der Waals surface area contributed by atoms with Crippen LogP contribution in [0.4, 0.5) is 5.69 Å². The highest BCUT2D eigenvalue weighted by Crippen LogP contribution is 2.44. The van der Waals surface area contributed by atoms with Gasteiger partial charge in [0.1, 0.15) is 5.75 Å². The van der Waals surface area contributed by atoms with Gasteiger partial charge in [-0.25, -0.2) is 0 Å². The molecule has 0 radical (unpaired) electrons. The lowest BCUT2D eigenvalue weighted by atomic mass is 10.0. The van der Waals surface area contributed by atoms with Crippen LogP contribution in [0.1, 0.15) is 11.1 Å². The van der Waals surface area contributed by atoms with E-state index in [9.17, 15) is 9.90 Å². The number of phenols is 1. The maximum absolute atomic E-state index is 13.8. The van der Waals surface area contributed by atoms with Gasteiger partial charge in [0.2, 0.25) is 5.91 Å². The molecule has 0 saturated carbocycles. The summed E-state index contributed by atoms with van der Waals surface area (Å²) < 4.78 is 1.94. The zero-order chi connectivity index (χ0) is 26.2. The fourth-order valence-electron chi connectivity index (χ4n) is 4.95. The third kappa shape index (κ3) is 4.44. The molecule has 8 heteroatoms. The molecule has 1 aliphatic heterocycles. The molecule has 2 atom stereocenters. The van der Waals surface area contributed by atoms with Gasteiger partial charge >= 0.3 is 0 Å². The van der Waals surface area contributed by atoms with Crippen molar-refractivity contribution in [2.75, 3.05) is 10.7 Å². The standard InChI is InChI=1S/C30H26N4O2S2/c1-19-15-16-22(20(2)17-19)34-29(21-9-3-6-12-25(21)35)31-32-30(34)37-18-28(36)33-23-10-4-7-13-26(23)38-27-14-8-5-11-24(27)33/h3-17,23,26,35H,18H2,1-2H3/t23-,26-/m1/s1. The minimum atomic E-state index is -0.0398. The summed E-state index contributed by atoms with van der Waals surface area (Å²) in [5.74, 6) is 0.870. The average molecular weight is 539 g/mol. The minimum Gasteiger partial charge on any atom is -0.507 e. The van der Waals surface area contributed by atoms with Gasteiger partial charge in [-0.15, -0.1) is 22.0 Å². The van der Waals surface area contributed by atoms with Crippen molar-refractivity contribution in [2.24, 2.45) is 0 Å². The van der Waals surface area contributed by atoms with E-state index in [1.54, 1.807) is 23.9 Å². The number of nitrogens with zero attached hydrogens (tertiary/aromatic N) is 4. The van der Waals surface area contributed by atoms with Crippen LogP contribution < -0.4 is 4.90 Å². The summed E-state index contributed by atoms with van der Waals surface area (Å²) in [6, 6.07) is 21.3. The number of carbonyl (C=O) groups is 1. The molecule has 1 amide bonds. The lowest BCUT2D eigenvalue weighted by Gasteiger charge is -2.40. The Bertz CT molecular complexity index is 1590. The van der Waals surface area contributed by atoms with Crippen molar-refractivity contribution in [1.29, 1.82) is 0 Å². The van der Waals surface area contributed by atoms with E-state index in [1.807, 2.05) is 71.0 Å². The van der Waals surface area contributed by atoms with Gasteiger partial charge in [-0.2, -0.15) is 0 Å². The van der Waals surface area contributed by atoms with E-state index in [2.05, 4.69) is 41.4 Å². The third-order valence-corrected chi connectivity index (χ3v) is 8.93. The molecule has 0 fully saturated rings. The van der Waals surface area contributed by atoms with Gasteiger partial charge in [0.05, 0.1) is 34.0 Å². The van der Waals surface area contributed by atoms with Crippen LogP contribution in [0.5, 0.6) is 5.75 Å². The number of phenolic OH excluding ortho intramolecular Hbond substituents is 1. The first-order valence-electron chi connectivity index (χ1n) is 12.4. The SMILES string of the molecule is Cc1ccc(-n2c(SCC(=O)N3c4ccccc4S[C@@H]4C=CC=C[C@H]43)nnc2-c2ccccc2O)c(C)c1. The van der Waals surface area contributed by atoms with E-state index in [4.69, 9.17) is 0 Å².